The predicted octanol–water partition coefficient (Wildman–Crippen LogP) is 13.5. The van der Waals surface area contributed by atoms with Gasteiger partial charge in [-0.2, -0.15) is 9.97 Å². The van der Waals surface area contributed by atoms with E-state index in [-0.39, 0.29) is 10.8 Å². The van der Waals surface area contributed by atoms with Crippen molar-refractivity contribution >= 4 is 65.6 Å². The maximum atomic E-state index is 6.33. The van der Waals surface area contributed by atoms with Crippen molar-refractivity contribution in [2.75, 3.05) is 0 Å². The van der Waals surface area contributed by atoms with E-state index in [4.69, 9.17) is 19.4 Å². The Morgan fingerprint density at radius 3 is 1.81 bits per heavy atom. The van der Waals surface area contributed by atoms with Crippen molar-refractivity contribution in [1.82, 2.24) is 24.1 Å². The highest BCUT2D eigenvalue weighted by molar-refractivity contribution is 6.29. The highest BCUT2D eigenvalue weighted by Gasteiger charge is 2.50. The Bertz CT molecular complexity index is 3530. The molecule has 1 aliphatic carbocycles. The molecular formula is C53H41N5O. The van der Waals surface area contributed by atoms with Crippen molar-refractivity contribution in [3.05, 3.63) is 163 Å². The number of fused-ring (bicyclic) bond motifs is 11. The molecule has 1 atom stereocenters. The Morgan fingerprint density at radius 2 is 1.07 bits per heavy atom. The summed E-state index contributed by atoms with van der Waals surface area (Å²) in [5.41, 5.74) is 12.1. The molecule has 0 N–H and O–H groups in total. The van der Waals surface area contributed by atoms with Gasteiger partial charge in [0.2, 0.25) is 5.95 Å². The fourth-order valence-electron chi connectivity index (χ4n) is 10.5. The van der Waals surface area contributed by atoms with Crippen molar-refractivity contribution in [3.63, 3.8) is 0 Å². The highest BCUT2D eigenvalue weighted by Crippen LogP contribution is 2.56. The van der Waals surface area contributed by atoms with Crippen LogP contribution in [0.1, 0.15) is 45.7 Å². The molecule has 0 saturated carbocycles. The molecule has 6 nitrogen and oxygen atoms in total. The summed E-state index contributed by atoms with van der Waals surface area (Å²) in [4.78, 5) is 15.8. The standard InChI is InChI=1S/C53H41N5O/c1-31-52(2,3)37-23-16-26-42(48(37)53(31,4)5)57-38-24-12-9-19-33(38)46-40(57)29-30-41-47(46)34-20-10-13-25-39(34)58(41)51-55-49(32-17-7-6-8-18-32)54-50(56-51)36-22-15-28-44-45(36)35-21-11-14-27-43(35)59-44/h6-31H,1-5H3. The number of para-hydroxylation sites is 3. The minimum atomic E-state index is -0.0207. The molecule has 1 unspecified atom stereocenters. The fraction of sp³-hybridized carbons (Fsp3) is 0.151. The van der Waals surface area contributed by atoms with Crippen LogP contribution in [0.4, 0.5) is 0 Å². The second-order valence-corrected chi connectivity index (χ2v) is 17.3. The second kappa shape index (κ2) is 12.0. The minimum Gasteiger partial charge on any atom is -0.456 e. The summed E-state index contributed by atoms with van der Waals surface area (Å²) < 4.78 is 11.1. The third-order valence-electron chi connectivity index (χ3n) is 13.8. The van der Waals surface area contributed by atoms with Crippen LogP contribution in [0.3, 0.4) is 0 Å². The van der Waals surface area contributed by atoms with Crippen LogP contribution in [0.15, 0.2) is 156 Å². The first-order valence-corrected chi connectivity index (χ1v) is 20.5. The summed E-state index contributed by atoms with van der Waals surface area (Å²) in [5, 5.41) is 6.79. The second-order valence-electron chi connectivity index (χ2n) is 17.3. The number of hydrogen-bond acceptors (Lipinski definition) is 4. The Morgan fingerprint density at radius 1 is 0.475 bits per heavy atom. The van der Waals surface area contributed by atoms with Crippen LogP contribution < -0.4 is 0 Å². The van der Waals surface area contributed by atoms with Crippen LogP contribution in [0.25, 0.3) is 100.0 Å². The van der Waals surface area contributed by atoms with E-state index in [1.165, 1.54) is 44.0 Å². The van der Waals surface area contributed by atoms with Gasteiger partial charge in [0.05, 0.1) is 27.8 Å². The lowest BCUT2D eigenvalue weighted by molar-refractivity contribution is 0.264. The van der Waals surface area contributed by atoms with Crippen molar-refractivity contribution in [3.8, 4) is 34.4 Å². The highest BCUT2D eigenvalue weighted by atomic mass is 16.3. The van der Waals surface area contributed by atoms with E-state index in [1.807, 2.05) is 48.5 Å². The fourth-order valence-corrected chi connectivity index (χ4v) is 10.5. The maximum Gasteiger partial charge on any atom is 0.238 e. The maximum absolute atomic E-state index is 6.33. The Balaban J connectivity index is 1.18. The van der Waals surface area contributed by atoms with Gasteiger partial charge < -0.3 is 8.98 Å². The zero-order valence-electron chi connectivity index (χ0n) is 33.7. The summed E-state index contributed by atoms with van der Waals surface area (Å²) in [6.07, 6.45) is 0. The molecule has 0 bridgehead atoms. The van der Waals surface area contributed by atoms with E-state index < -0.39 is 0 Å². The summed E-state index contributed by atoms with van der Waals surface area (Å²) in [6, 6.07) is 53.6. The van der Waals surface area contributed by atoms with Gasteiger partial charge in [-0.05, 0) is 70.3 Å². The molecule has 284 valence electrons. The molecule has 1 aliphatic rings. The zero-order valence-corrected chi connectivity index (χ0v) is 33.7. The first-order chi connectivity index (χ1) is 28.7. The van der Waals surface area contributed by atoms with Gasteiger partial charge in [0, 0.05) is 43.4 Å². The van der Waals surface area contributed by atoms with Crippen molar-refractivity contribution in [2.24, 2.45) is 5.92 Å². The average molecular weight is 764 g/mol. The van der Waals surface area contributed by atoms with Gasteiger partial charge in [-0.1, -0.05) is 144 Å². The third kappa shape index (κ3) is 4.60. The number of nitrogens with zero attached hydrogens (tertiary/aromatic N) is 5. The Labute approximate surface area is 341 Å². The molecule has 4 aromatic heterocycles. The molecule has 4 heterocycles. The van der Waals surface area contributed by atoms with E-state index in [2.05, 4.69) is 147 Å². The normalized spacial score (nSPS) is 16.0. The SMILES string of the molecule is CC1C(C)(C)c2cccc(-n3c4ccccc4c4c5c6ccccc6n(-c6nc(-c7ccccc7)nc(-c7cccc8oc9ccccc9c78)n6)c5ccc43)c2C1(C)C. The minimum absolute atomic E-state index is 0.0207. The molecule has 11 aromatic rings. The van der Waals surface area contributed by atoms with Crippen molar-refractivity contribution < 1.29 is 4.42 Å². The van der Waals surface area contributed by atoms with Crippen LogP contribution in [0, 0.1) is 5.92 Å². The van der Waals surface area contributed by atoms with Gasteiger partial charge in [0.1, 0.15) is 11.2 Å². The first kappa shape index (κ1) is 34.0. The number of benzene rings is 7. The molecule has 12 rings (SSSR count). The van der Waals surface area contributed by atoms with Crippen molar-refractivity contribution in [1.29, 1.82) is 0 Å². The van der Waals surface area contributed by atoms with Crippen LogP contribution in [-0.2, 0) is 10.8 Å². The van der Waals surface area contributed by atoms with Gasteiger partial charge >= 0.3 is 0 Å². The smallest absolute Gasteiger partial charge is 0.238 e. The number of rotatable bonds is 4. The Hall–Kier alpha value is -7.05. The van der Waals surface area contributed by atoms with Crippen LogP contribution in [-0.4, -0.2) is 24.1 Å². The van der Waals surface area contributed by atoms with E-state index in [0.29, 0.717) is 23.5 Å². The summed E-state index contributed by atoms with van der Waals surface area (Å²) in [5.74, 6) is 2.23. The average Bonchev–Trinajstić information content (AvgIpc) is 3.96. The summed E-state index contributed by atoms with van der Waals surface area (Å²) >= 11 is 0. The summed E-state index contributed by atoms with van der Waals surface area (Å²) in [6.45, 7) is 12.1. The van der Waals surface area contributed by atoms with Gasteiger partial charge in [-0.25, -0.2) is 4.98 Å². The molecule has 0 aliphatic heterocycles. The molecule has 0 saturated heterocycles. The van der Waals surface area contributed by atoms with Crippen LogP contribution in [0.5, 0.6) is 0 Å². The zero-order chi connectivity index (χ0) is 39.8. The lowest BCUT2D eigenvalue weighted by Gasteiger charge is -2.33. The monoisotopic (exact) mass is 763 g/mol. The summed E-state index contributed by atoms with van der Waals surface area (Å²) in [7, 11) is 0. The van der Waals surface area contributed by atoms with Gasteiger partial charge in [0.15, 0.2) is 11.6 Å². The quantitative estimate of drug-likeness (QED) is 0.179. The lowest BCUT2D eigenvalue weighted by atomic mass is 9.71. The topological polar surface area (TPSA) is 61.7 Å². The van der Waals surface area contributed by atoms with E-state index in [9.17, 15) is 0 Å². The molecule has 0 amide bonds. The van der Waals surface area contributed by atoms with E-state index in [0.717, 1.165) is 49.5 Å². The molecular weight excluding hydrogens is 723 g/mol. The van der Waals surface area contributed by atoms with Crippen LogP contribution >= 0.6 is 0 Å². The first-order valence-electron chi connectivity index (χ1n) is 20.5. The molecule has 0 fully saturated rings. The lowest BCUT2D eigenvalue weighted by Crippen LogP contribution is -2.31. The molecule has 0 radical (unpaired) electrons. The van der Waals surface area contributed by atoms with Gasteiger partial charge in [-0.3, -0.25) is 4.57 Å². The van der Waals surface area contributed by atoms with E-state index in [1.54, 1.807) is 0 Å². The van der Waals surface area contributed by atoms with Gasteiger partial charge in [0.25, 0.3) is 0 Å². The molecule has 6 heteroatoms. The molecule has 7 aromatic carbocycles. The van der Waals surface area contributed by atoms with Crippen molar-refractivity contribution in [2.45, 2.75) is 45.4 Å². The van der Waals surface area contributed by atoms with Gasteiger partial charge in [-0.15, -0.1) is 0 Å². The number of furan rings is 1. The molecule has 59 heavy (non-hydrogen) atoms. The largest absolute Gasteiger partial charge is 0.456 e. The predicted molar refractivity (Wildman–Crippen MR) is 242 cm³/mol. The third-order valence-corrected chi connectivity index (χ3v) is 13.8. The van der Waals surface area contributed by atoms with E-state index >= 15 is 0 Å². The number of hydrogen-bond donors (Lipinski definition) is 0. The Kier molecular flexibility index (Phi) is 6.92. The number of aromatic nitrogens is 5. The van der Waals surface area contributed by atoms with Crippen LogP contribution in [0.2, 0.25) is 0 Å². The molecule has 0 spiro atoms.